The van der Waals surface area contributed by atoms with E-state index in [9.17, 15) is 9.59 Å². The van der Waals surface area contributed by atoms with Crippen molar-refractivity contribution < 1.29 is 9.63 Å². The minimum Gasteiger partial charge on any atom is -0.316 e. The molecule has 0 aromatic carbocycles. The van der Waals surface area contributed by atoms with Gasteiger partial charge in [-0.3, -0.25) is 4.79 Å². The lowest BCUT2D eigenvalue weighted by Crippen LogP contribution is -2.32. The lowest BCUT2D eigenvalue weighted by molar-refractivity contribution is -0.143. The number of carbonyl (C=O) groups excluding carboxylic acids is 1. The van der Waals surface area contributed by atoms with E-state index in [1.54, 1.807) is 4.68 Å². The summed E-state index contributed by atoms with van der Waals surface area (Å²) in [7, 11) is 0. The quantitative estimate of drug-likeness (QED) is 0.748. The van der Waals surface area contributed by atoms with Crippen LogP contribution in [0.25, 0.3) is 5.82 Å². The fourth-order valence-electron chi connectivity index (χ4n) is 1.55. The minimum absolute atomic E-state index is 0.404. The standard InChI is InChI=1S/C11H12N4O3/c1-7-6-8(2)14(12-7)10-4-5-11(17)15(13-10)18-9(3)16/h4-6H,1-3H3. The van der Waals surface area contributed by atoms with E-state index in [4.69, 9.17) is 0 Å². The highest BCUT2D eigenvalue weighted by molar-refractivity contribution is 5.66. The van der Waals surface area contributed by atoms with Gasteiger partial charge in [-0.15, -0.1) is 5.10 Å². The van der Waals surface area contributed by atoms with Crippen molar-refractivity contribution in [2.75, 3.05) is 0 Å². The molecule has 0 aliphatic heterocycles. The molecule has 0 radical (unpaired) electrons. The minimum atomic E-state index is -0.616. The molecule has 0 saturated heterocycles. The van der Waals surface area contributed by atoms with Gasteiger partial charge >= 0.3 is 11.5 Å². The van der Waals surface area contributed by atoms with Crippen molar-refractivity contribution in [3.63, 3.8) is 0 Å². The Balaban J connectivity index is 2.50. The molecular formula is C11H12N4O3. The van der Waals surface area contributed by atoms with E-state index in [2.05, 4.69) is 15.0 Å². The molecule has 2 rings (SSSR count). The van der Waals surface area contributed by atoms with E-state index < -0.39 is 11.5 Å². The van der Waals surface area contributed by atoms with Crippen LogP contribution in [0.5, 0.6) is 0 Å². The zero-order valence-corrected chi connectivity index (χ0v) is 10.2. The van der Waals surface area contributed by atoms with Crippen molar-refractivity contribution in [3.05, 3.63) is 39.9 Å². The van der Waals surface area contributed by atoms with Crippen LogP contribution in [0.4, 0.5) is 0 Å². The molecule has 0 fully saturated rings. The molecule has 0 N–H and O–H groups in total. The predicted octanol–water partition coefficient (Wildman–Crippen LogP) is 0.0209. The van der Waals surface area contributed by atoms with Crippen molar-refractivity contribution in [2.24, 2.45) is 0 Å². The van der Waals surface area contributed by atoms with Gasteiger partial charge in [-0.05, 0) is 30.8 Å². The number of nitrogens with zero attached hydrogens (tertiary/aromatic N) is 4. The summed E-state index contributed by atoms with van der Waals surface area (Å²) in [6, 6.07) is 4.66. The average Bonchev–Trinajstić information content (AvgIpc) is 2.60. The first-order valence-electron chi connectivity index (χ1n) is 5.30. The van der Waals surface area contributed by atoms with Crippen LogP contribution in [-0.2, 0) is 4.79 Å². The van der Waals surface area contributed by atoms with Gasteiger partial charge in [0.05, 0.1) is 5.69 Å². The van der Waals surface area contributed by atoms with Crippen LogP contribution in [0, 0.1) is 13.8 Å². The molecule has 0 aliphatic carbocycles. The lowest BCUT2D eigenvalue weighted by atomic mass is 10.4. The summed E-state index contributed by atoms with van der Waals surface area (Å²) in [4.78, 5) is 27.6. The molecule has 0 atom stereocenters. The van der Waals surface area contributed by atoms with Gasteiger partial charge in [0.15, 0.2) is 5.82 Å². The van der Waals surface area contributed by atoms with Crippen LogP contribution < -0.4 is 10.4 Å². The van der Waals surface area contributed by atoms with E-state index in [0.29, 0.717) is 10.7 Å². The zero-order valence-electron chi connectivity index (χ0n) is 10.2. The van der Waals surface area contributed by atoms with Crippen LogP contribution in [-0.4, -0.2) is 25.7 Å². The molecule has 0 amide bonds. The fourth-order valence-corrected chi connectivity index (χ4v) is 1.55. The summed E-state index contributed by atoms with van der Waals surface area (Å²) >= 11 is 0. The maximum atomic E-state index is 11.4. The fraction of sp³-hybridized carbons (Fsp3) is 0.273. The Morgan fingerprint density at radius 3 is 2.56 bits per heavy atom. The smallest absolute Gasteiger partial charge is 0.316 e. The molecule has 94 valence electrons. The third-order valence-electron chi connectivity index (χ3n) is 2.20. The number of rotatable bonds is 2. The van der Waals surface area contributed by atoms with Gasteiger partial charge < -0.3 is 4.84 Å². The Labute approximate surface area is 103 Å². The second-order valence-electron chi connectivity index (χ2n) is 3.82. The van der Waals surface area contributed by atoms with E-state index in [-0.39, 0.29) is 0 Å². The molecule has 18 heavy (non-hydrogen) atoms. The molecule has 0 saturated carbocycles. The molecular weight excluding hydrogens is 236 g/mol. The van der Waals surface area contributed by atoms with Crippen molar-refractivity contribution in [1.82, 2.24) is 19.7 Å². The van der Waals surface area contributed by atoms with Crippen molar-refractivity contribution in [1.29, 1.82) is 0 Å². The number of hydrogen-bond donors (Lipinski definition) is 0. The Kier molecular flexibility index (Phi) is 2.97. The molecule has 0 unspecified atom stereocenters. The van der Waals surface area contributed by atoms with E-state index in [1.165, 1.54) is 19.1 Å². The topological polar surface area (TPSA) is 79.0 Å². The van der Waals surface area contributed by atoms with E-state index >= 15 is 0 Å². The summed E-state index contributed by atoms with van der Waals surface area (Å²) in [5.41, 5.74) is 1.18. The maximum absolute atomic E-state index is 11.4. The first-order chi connectivity index (χ1) is 8.47. The van der Waals surface area contributed by atoms with Crippen LogP contribution in [0.1, 0.15) is 18.3 Å². The zero-order chi connectivity index (χ0) is 13.3. The summed E-state index contributed by atoms with van der Waals surface area (Å²) in [5.74, 6) is -0.212. The second kappa shape index (κ2) is 4.44. The lowest BCUT2D eigenvalue weighted by Gasteiger charge is -2.06. The summed E-state index contributed by atoms with van der Waals surface area (Å²) in [5, 5.41) is 8.15. The number of aromatic nitrogens is 4. The molecule has 7 nitrogen and oxygen atoms in total. The van der Waals surface area contributed by atoms with Crippen LogP contribution in [0.3, 0.4) is 0 Å². The molecule has 0 spiro atoms. The molecule has 7 heteroatoms. The highest BCUT2D eigenvalue weighted by Crippen LogP contribution is 2.07. The largest absolute Gasteiger partial charge is 0.332 e. The normalized spacial score (nSPS) is 10.4. The Morgan fingerprint density at radius 2 is 2.00 bits per heavy atom. The Bertz CT molecular complexity index is 657. The van der Waals surface area contributed by atoms with Gasteiger partial charge in [-0.2, -0.15) is 5.10 Å². The molecule has 0 aliphatic rings. The third-order valence-corrected chi connectivity index (χ3v) is 2.20. The van der Waals surface area contributed by atoms with Crippen LogP contribution in [0.2, 0.25) is 0 Å². The molecule has 2 aromatic heterocycles. The van der Waals surface area contributed by atoms with E-state index in [0.717, 1.165) is 11.4 Å². The van der Waals surface area contributed by atoms with Gasteiger partial charge in [-0.1, -0.05) is 0 Å². The van der Waals surface area contributed by atoms with Crippen molar-refractivity contribution in [3.8, 4) is 5.82 Å². The first kappa shape index (κ1) is 12.0. The average molecular weight is 248 g/mol. The molecule has 2 heterocycles. The summed E-state index contributed by atoms with van der Waals surface area (Å²) in [6.45, 7) is 4.92. The number of carbonyl (C=O) groups is 1. The summed E-state index contributed by atoms with van der Waals surface area (Å²) in [6.07, 6.45) is 0. The Hall–Kier alpha value is -2.44. The van der Waals surface area contributed by atoms with Gasteiger partial charge in [0.2, 0.25) is 0 Å². The molecule has 0 bridgehead atoms. The van der Waals surface area contributed by atoms with Gasteiger partial charge in [0.25, 0.3) is 0 Å². The predicted molar refractivity (Wildman–Crippen MR) is 62.4 cm³/mol. The van der Waals surface area contributed by atoms with Gasteiger partial charge in [-0.25, -0.2) is 9.48 Å². The highest BCUT2D eigenvalue weighted by atomic mass is 16.7. The highest BCUT2D eigenvalue weighted by Gasteiger charge is 2.08. The SMILES string of the molecule is CC(=O)On1nc(-n2nc(C)cc2C)ccc1=O. The summed E-state index contributed by atoms with van der Waals surface area (Å²) < 4.78 is 1.56. The Morgan fingerprint density at radius 1 is 1.28 bits per heavy atom. The van der Waals surface area contributed by atoms with Crippen LogP contribution >= 0.6 is 0 Å². The van der Waals surface area contributed by atoms with Crippen LogP contribution in [0.15, 0.2) is 23.0 Å². The maximum Gasteiger partial charge on any atom is 0.332 e. The third kappa shape index (κ3) is 2.29. The molecule has 2 aromatic rings. The monoisotopic (exact) mass is 248 g/mol. The van der Waals surface area contributed by atoms with E-state index in [1.807, 2.05) is 19.9 Å². The second-order valence-corrected chi connectivity index (χ2v) is 3.82. The number of aryl methyl sites for hydroxylation is 2. The number of hydrogen-bond acceptors (Lipinski definition) is 5. The van der Waals surface area contributed by atoms with Gasteiger partial charge in [0, 0.05) is 18.7 Å². The van der Waals surface area contributed by atoms with Gasteiger partial charge in [0.1, 0.15) is 0 Å². The van der Waals surface area contributed by atoms with Crippen molar-refractivity contribution >= 4 is 5.97 Å². The first-order valence-corrected chi connectivity index (χ1v) is 5.30. The van der Waals surface area contributed by atoms with Crippen molar-refractivity contribution in [2.45, 2.75) is 20.8 Å².